The predicted octanol–water partition coefficient (Wildman–Crippen LogP) is 2.69. The highest BCUT2D eigenvalue weighted by Crippen LogP contribution is 2.33. The summed E-state index contributed by atoms with van der Waals surface area (Å²) < 4.78 is 0. The lowest BCUT2D eigenvalue weighted by atomic mass is 9.76. The summed E-state index contributed by atoms with van der Waals surface area (Å²) in [4.78, 5) is 16.1. The van der Waals surface area contributed by atoms with Crippen LogP contribution in [0.5, 0.6) is 0 Å². The molecule has 0 bridgehead atoms. The number of nitrogens with one attached hydrogen (secondary N) is 1. The van der Waals surface area contributed by atoms with Gasteiger partial charge in [0.1, 0.15) is 0 Å². The normalized spacial score (nSPS) is 23.8. The second-order valence-corrected chi connectivity index (χ2v) is 6.40. The van der Waals surface area contributed by atoms with Crippen molar-refractivity contribution in [1.82, 2.24) is 10.3 Å². The molecule has 21 heavy (non-hydrogen) atoms. The molecular formula is C17H26N2O2. The van der Waals surface area contributed by atoms with Gasteiger partial charge in [-0.1, -0.05) is 19.9 Å². The molecule has 1 aliphatic rings. The Hall–Kier alpha value is -1.42. The van der Waals surface area contributed by atoms with Crippen molar-refractivity contribution in [2.45, 2.75) is 45.6 Å². The van der Waals surface area contributed by atoms with E-state index in [4.69, 9.17) is 0 Å². The van der Waals surface area contributed by atoms with Crippen LogP contribution in [0.2, 0.25) is 0 Å². The number of carbonyl (C=O) groups excluding carboxylic acids is 1. The smallest absolute Gasteiger partial charge is 0.223 e. The summed E-state index contributed by atoms with van der Waals surface area (Å²) >= 11 is 0. The van der Waals surface area contributed by atoms with Crippen molar-refractivity contribution in [3.63, 3.8) is 0 Å². The molecule has 1 aromatic heterocycles. The highest BCUT2D eigenvalue weighted by atomic mass is 16.3. The average molecular weight is 290 g/mol. The molecule has 116 valence electrons. The number of aliphatic hydroxyl groups excluding tert-OH is 1. The lowest BCUT2D eigenvalue weighted by molar-refractivity contribution is -0.126. The first-order valence-electron chi connectivity index (χ1n) is 7.93. The molecule has 2 N–H and O–H groups in total. The molecule has 0 unspecified atom stereocenters. The first-order valence-corrected chi connectivity index (χ1v) is 7.93. The second-order valence-electron chi connectivity index (χ2n) is 6.40. The fourth-order valence-electron chi connectivity index (χ4n) is 3.08. The maximum absolute atomic E-state index is 12.2. The zero-order valence-corrected chi connectivity index (χ0v) is 13.0. The van der Waals surface area contributed by atoms with E-state index in [0.29, 0.717) is 5.92 Å². The van der Waals surface area contributed by atoms with Crippen molar-refractivity contribution in [2.75, 3.05) is 6.54 Å². The Balaban J connectivity index is 1.75. The average Bonchev–Trinajstić information content (AvgIpc) is 2.53. The Bertz CT molecular complexity index is 439. The van der Waals surface area contributed by atoms with Gasteiger partial charge < -0.3 is 10.4 Å². The van der Waals surface area contributed by atoms with E-state index < -0.39 is 6.10 Å². The first kappa shape index (κ1) is 16.0. The Labute approximate surface area is 127 Å². The summed E-state index contributed by atoms with van der Waals surface area (Å²) in [6.07, 6.45) is 6.83. The lowest BCUT2D eigenvalue weighted by Crippen LogP contribution is -2.36. The third-order valence-corrected chi connectivity index (χ3v) is 4.62. The largest absolute Gasteiger partial charge is 0.387 e. The summed E-state index contributed by atoms with van der Waals surface area (Å²) in [5.74, 6) is 1.66. The van der Waals surface area contributed by atoms with Gasteiger partial charge in [-0.3, -0.25) is 9.78 Å². The van der Waals surface area contributed by atoms with E-state index in [0.717, 1.165) is 37.2 Å². The molecule has 1 saturated carbocycles. The van der Waals surface area contributed by atoms with E-state index in [1.54, 1.807) is 18.5 Å². The van der Waals surface area contributed by atoms with Crippen LogP contribution in [-0.2, 0) is 4.79 Å². The van der Waals surface area contributed by atoms with Gasteiger partial charge in [-0.15, -0.1) is 0 Å². The number of amides is 1. The maximum atomic E-state index is 12.2. The summed E-state index contributed by atoms with van der Waals surface area (Å²) in [5.41, 5.74) is 0.737. The molecular weight excluding hydrogens is 264 g/mol. The quantitative estimate of drug-likeness (QED) is 0.876. The van der Waals surface area contributed by atoms with Crippen molar-refractivity contribution < 1.29 is 9.90 Å². The number of carbonyl (C=O) groups is 1. The third-order valence-electron chi connectivity index (χ3n) is 4.62. The van der Waals surface area contributed by atoms with Crippen LogP contribution in [0.1, 0.15) is 51.2 Å². The molecule has 1 aromatic rings. The fraction of sp³-hybridized carbons (Fsp3) is 0.647. The summed E-state index contributed by atoms with van der Waals surface area (Å²) in [5, 5.41) is 12.9. The Morgan fingerprint density at radius 1 is 1.38 bits per heavy atom. The highest BCUT2D eigenvalue weighted by Gasteiger charge is 2.27. The summed E-state index contributed by atoms with van der Waals surface area (Å²) in [6.45, 7) is 4.78. The van der Waals surface area contributed by atoms with E-state index in [1.165, 1.54) is 0 Å². The number of hydrogen-bond acceptors (Lipinski definition) is 3. The number of pyridine rings is 1. The zero-order valence-electron chi connectivity index (χ0n) is 13.0. The fourth-order valence-corrected chi connectivity index (χ4v) is 3.08. The Kier molecular flexibility index (Phi) is 5.74. The maximum Gasteiger partial charge on any atom is 0.223 e. The van der Waals surface area contributed by atoms with Gasteiger partial charge in [-0.05, 0) is 43.6 Å². The van der Waals surface area contributed by atoms with Crippen LogP contribution in [0.25, 0.3) is 0 Å². The van der Waals surface area contributed by atoms with Crippen molar-refractivity contribution in [3.8, 4) is 0 Å². The standard InChI is InChI=1S/C17H26N2O2/c1-12(2)13-5-7-14(8-6-13)17(21)19-11-16(20)15-4-3-9-18-10-15/h3-4,9-10,12-14,16,20H,5-8,11H2,1-2H3,(H,19,21)/t13?,14?,16-/m1/s1. The van der Waals surface area contributed by atoms with Gasteiger partial charge in [0.15, 0.2) is 0 Å². The minimum absolute atomic E-state index is 0.0835. The van der Waals surface area contributed by atoms with Gasteiger partial charge in [0.2, 0.25) is 5.91 Å². The molecule has 2 rings (SSSR count). The minimum atomic E-state index is -0.686. The van der Waals surface area contributed by atoms with Crippen LogP contribution in [-0.4, -0.2) is 22.5 Å². The van der Waals surface area contributed by atoms with Gasteiger partial charge in [0.25, 0.3) is 0 Å². The Morgan fingerprint density at radius 2 is 2.10 bits per heavy atom. The van der Waals surface area contributed by atoms with Crippen LogP contribution in [0, 0.1) is 17.8 Å². The number of nitrogens with zero attached hydrogens (tertiary/aromatic N) is 1. The van der Waals surface area contributed by atoms with Crippen LogP contribution in [0.4, 0.5) is 0 Å². The van der Waals surface area contributed by atoms with E-state index in [9.17, 15) is 9.90 Å². The molecule has 0 radical (unpaired) electrons. The molecule has 1 fully saturated rings. The van der Waals surface area contributed by atoms with E-state index in [1.807, 2.05) is 6.07 Å². The lowest BCUT2D eigenvalue weighted by Gasteiger charge is -2.30. The highest BCUT2D eigenvalue weighted by molar-refractivity contribution is 5.78. The number of aromatic nitrogens is 1. The van der Waals surface area contributed by atoms with E-state index in [-0.39, 0.29) is 18.4 Å². The SMILES string of the molecule is CC(C)C1CCC(C(=O)NC[C@@H](O)c2cccnc2)CC1. The van der Waals surface area contributed by atoms with Crippen LogP contribution in [0.15, 0.2) is 24.5 Å². The van der Waals surface area contributed by atoms with E-state index in [2.05, 4.69) is 24.1 Å². The van der Waals surface area contributed by atoms with Gasteiger partial charge in [-0.2, -0.15) is 0 Å². The molecule has 4 nitrogen and oxygen atoms in total. The van der Waals surface area contributed by atoms with Gasteiger partial charge >= 0.3 is 0 Å². The molecule has 0 aromatic carbocycles. The zero-order chi connectivity index (χ0) is 15.2. The van der Waals surface area contributed by atoms with Crippen molar-refractivity contribution in [1.29, 1.82) is 0 Å². The molecule has 1 aliphatic carbocycles. The molecule has 4 heteroatoms. The topological polar surface area (TPSA) is 62.2 Å². The molecule has 0 saturated heterocycles. The first-order chi connectivity index (χ1) is 10.1. The molecule has 1 heterocycles. The van der Waals surface area contributed by atoms with Crippen molar-refractivity contribution in [3.05, 3.63) is 30.1 Å². The van der Waals surface area contributed by atoms with Crippen LogP contribution >= 0.6 is 0 Å². The number of aliphatic hydroxyl groups is 1. The summed E-state index contributed by atoms with van der Waals surface area (Å²) in [6, 6.07) is 3.60. The third kappa shape index (κ3) is 4.53. The van der Waals surface area contributed by atoms with Gasteiger partial charge in [-0.25, -0.2) is 0 Å². The van der Waals surface area contributed by atoms with Gasteiger partial charge in [0.05, 0.1) is 6.10 Å². The molecule has 0 aliphatic heterocycles. The van der Waals surface area contributed by atoms with Crippen LogP contribution in [0.3, 0.4) is 0 Å². The van der Waals surface area contributed by atoms with Crippen molar-refractivity contribution in [2.24, 2.45) is 17.8 Å². The van der Waals surface area contributed by atoms with Crippen molar-refractivity contribution >= 4 is 5.91 Å². The van der Waals surface area contributed by atoms with Gasteiger partial charge in [0, 0.05) is 30.4 Å². The second kappa shape index (κ2) is 7.55. The van der Waals surface area contributed by atoms with E-state index >= 15 is 0 Å². The van der Waals surface area contributed by atoms with Crippen LogP contribution < -0.4 is 5.32 Å². The summed E-state index contributed by atoms with van der Waals surface area (Å²) in [7, 11) is 0. The minimum Gasteiger partial charge on any atom is -0.387 e. The monoisotopic (exact) mass is 290 g/mol. The molecule has 1 atom stereocenters. The molecule has 1 amide bonds. The number of hydrogen-bond donors (Lipinski definition) is 2. The Morgan fingerprint density at radius 3 is 2.67 bits per heavy atom. The number of rotatable bonds is 5. The molecule has 0 spiro atoms. The predicted molar refractivity (Wildman–Crippen MR) is 82.5 cm³/mol.